The van der Waals surface area contributed by atoms with Crippen molar-refractivity contribution < 1.29 is 0 Å². The van der Waals surface area contributed by atoms with Crippen LogP contribution in [0.15, 0.2) is 36.4 Å². The van der Waals surface area contributed by atoms with Crippen molar-refractivity contribution in [3.8, 4) is 0 Å². The SMILES string of the molecule is Cc1cccc(NCc2cccc3c2NCC3)c1C. The standard InChI is InChI=1S/C17H20N2/c1-12-5-3-8-16(13(12)2)19-11-15-7-4-6-14-9-10-18-17(14)15/h3-8,18-19H,9-11H2,1-2H3. The topological polar surface area (TPSA) is 24.1 Å². The summed E-state index contributed by atoms with van der Waals surface area (Å²) in [5.41, 5.74) is 8.04. The Hall–Kier alpha value is -1.96. The molecule has 98 valence electrons. The molecule has 2 heteroatoms. The first-order valence-electron chi connectivity index (χ1n) is 6.90. The van der Waals surface area contributed by atoms with Crippen LogP contribution in [0.5, 0.6) is 0 Å². The smallest absolute Gasteiger partial charge is 0.0424 e. The van der Waals surface area contributed by atoms with Gasteiger partial charge >= 0.3 is 0 Å². The molecule has 0 spiro atoms. The van der Waals surface area contributed by atoms with E-state index >= 15 is 0 Å². The van der Waals surface area contributed by atoms with Gasteiger partial charge < -0.3 is 10.6 Å². The number of aryl methyl sites for hydroxylation is 1. The molecule has 2 aromatic rings. The number of hydrogen-bond acceptors (Lipinski definition) is 2. The van der Waals surface area contributed by atoms with Gasteiger partial charge in [-0.05, 0) is 48.6 Å². The molecule has 1 aliphatic heterocycles. The lowest BCUT2D eigenvalue weighted by Crippen LogP contribution is -2.04. The summed E-state index contributed by atoms with van der Waals surface area (Å²) in [6.07, 6.45) is 1.15. The normalized spacial score (nSPS) is 12.9. The fourth-order valence-electron chi connectivity index (χ4n) is 2.69. The van der Waals surface area contributed by atoms with E-state index in [2.05, 4.69) is 60.9 Å². The lowest BCUT2D eigenvalue weighted by molar-refractivity contribution is 1.11. The van der Waals surface area contributed by atoms with Gasteiger partial charge in [0.15, 0.2) is 0 Å². The molecule has 2 aromatic carbocycles. The zero-order valence-electron chi connectivity index (χ0n) is 11.6. The highest BCUT2D eigenvalue weighted by atomic mass is 14.9. The van der Waals surface area contributed by atoms with Crippen molar-refractivity contribution >= 4 is 11.4 Å². The van der Waals surface area contributed by atoms with E-state index in [-0.39, 0.29) is 0 Å². The molecular weight excluding hydrogens is 232 g/mol. The number of nitrogens with one attached hydrogen (secondary N) is 2. The van der Waals surface area contributed by atoms with Crippen molar-refractivity contribution in [2.45, 2.75) is 26.8 Å². The summed E-state index contributed by atoms with van der Waals surface area (Å²) in [5.74, 6) is 0. The maximum absolute atomic E-state index is 3.56. The molecular formula is C17H20N2. The van der Waals surface area contributed by atoms with E-state index in [0.29, 0.717) is 0 Å². The highest BCUT2D eigenvalue weighted by Gasteiger charge is 2.13. The molecule has 1 heterocycles. The fourth-order valence-corrected chi connectivity index (χ4v) is 2.69. The Morgan fingerprint density at radius 2 is 1.95 bits per heavy atom. The van der Waals surface area contributed by atoms with Gasteiger partial charge in [0.25, 0.3) is 0 Å². The molecule has 0 aliphatic carbocycles. The number of anilines is 2. The van der Waals surface area contributed by atoms with Crippen molar-refractivity contribution in [1.29, 1.82) is 0 Å². The zero-order chi connectivity index (χ0) is 13.2. The highest BCUT2D eigenvalue weighted by molar-refractivity contribution is 5.62. The average Bonchev–Trinajstić information content (AvgIpc) is 2.89. The molecule has 0 saturated carbocycles. The summed E-state index contributed by atoms with van der Waals surface area (Å²) in [4.78, 5) is 0. The van der Waals surface area contributed by atoms with Crippen molar-refractivity contribution in [2.75, 3.05) is 17.2 Å². The molecule has 0 atom stereocenters. The Kier molecular flexibility index (Phi) is 3.16. The first-order valence-corrected chi connectivity index (χ1v) is 6.90. The largest absolute Gasteiger partial charge is 0.384 e. The molecule has 0 aromatic heterocycles. The van der Waals surface area contributed by atoms with Crippen LogP contribution in [0.25, 0.3) is 0 Å². The summed E-state index contributed by atoms with van der Waals surface area (Å²) in [6.45, 7) is 6.27. The van der Waals surface area contributed by atoms with E-state index in [4.69, 9.17) is 0 Å². The molecule has 3 rings (SSSR count). The second-order valence-corrected chi connectivity index (χ2v) is 5.23. The molecule has 0 unspecified atom stereocenters. The quantitative estimate of drug-likeness (QED) is 0.866. The van der Waals surface area contributed by atoms with Crippen LogP contribution in [0, 0.1) is 13.8 Å². The van der Waals surface area contributed by atoms with Crippen LogP contribution >= 0.6 is 0 Å². The second kappa shape index (κ2) is 4.96. The number of rotatable bonds is 3. The van der Waals surface area contributed by atoms with Gasteiger partial charge in [-0.15, -0.1) is 0 Å². The minimum absolute atomic E-state index is 0.875. The third-order valence-corrected chi connectivity index (χ3v) is 4.01. The van der Waals surface area contributed by atoms with E-state index in [9.17, 15) is 0 Å². The third kappa shape index (κ3) is 2.30. The van der Waals surface area contributed by atoms with Gasteiger partial charge in [-0.25, -0.2) is 0 Å². The monoisotopic (exact) mass is 252 g/mol. The maximum Gasteiger partial charge on any atom is 0.0424 e. The minimum atomic E-state index is 0.875. The average molecular weight is 252 g/mol. The minimum Gasteiger partial charge on any atom is -0.384 e. The Morgan fingerprint density at radius 1 is 1.11 bits per heavy atom. The van der Waals surface area contributed by atoms with E-state index in [1.807, 2.05) is 0 Å². The van der Waals surface area contributed by atoms with Gasteiger partial charge in [0, 0.05) is 24.5 Å². The highest BCUT2D eigenvalue weighted by Crippen LogP contribution is 2.27. The van der Waals surface area contributed by atoms with E-state index < -0.39 is 0 Å². The number of para-hydroxylation sites is 1. The third-order valence-electron chi connectivity index (χ3n) is 4.01. The van der Waals surface area contributed by atoms with Crippen LogP contribution < -0.4 is 10.6 Å². The van der Waals surface area contributed by atoms with E-state index in [0.717, 1.165) is 19.5 Å². The molecule has 0 bridgehead atoms. The number of hydrogen-bond donors (Lipinski definition) is 2. The Labute approximate surface area is 114 Å². The summed E-state index contributed by atoms with van der Waals surface area (Å²) in [6, 6.07) is 13.0. The molecule has 1 aliphatic rings. The first kappa shape index (κ1) is 12.1. The van der Waals surface area contributed by atoms with Crippen LogP contribution in [-0.2, 0) is 13.0 Å². The van der Waals surface area contributed by atoms with Crippen molar-refractivity contribution in [2.24, 2.45) is 0 Å². The van der Waals surface area contributed by atoms with Crippen LogP contribution in [0.1, 0.15) is 22.3 Å². The molecule has 19 heavy (non-hydrogen) atoms. The predicted octanol–water partition coefficient (Wildman–Crippen LogP) is 3.88. The predicted molar refractivity (Wildman–Crippen MR) is 81.9 cm³/mol. The molecule has 0 amide bonds. The van der Waals surface area contributed by atoms with Gasteiger partial charge in [-0.2, -0.15) is 0 Å². The number of fused-ring (bicyclic) bond motifs is 1. The summed E-state index contributed by atoms with van der Waals surface area (Å²) in [5, 5.41) is 7.05. The first-order chi connectivity index (χ1) is 9.25. The van der Waals surface area contributed by atoms with Gasteiger partial charge in [-0.1, -0.05) is 30.3 Å². The summed E-state index contributed by atoms with van der Waals surface area (Å²) < 4.78 is 0. The Balaban J connectivity index is 1.80. The van der Waals surface area contributed by atoms with Gasteiger partial charge in [-0.3, -0.25) is 0 Å². The summed E-state index contributed by atoms with van der Waals surface area (Å²) >= 11 is 0. The van der Waals surface area contributed by atoms with Crippen LogP contribution in [0.3, 0.4) is 0 Å². The Bertz CT molecular complexity index is 602. The summed E-state index contributed by atoms with van der Waals surface area (Å²) in [7, 11) is 0. The van der Waals surface area contributed by atoms with Gasteiger partial charge in [0.2, 0.25) is 0 Å². The van der Waals surface area contributed by atoms with Crippen molar-refractivity contribution in [1.82, 2.24) is 0 Å². The maximum atomic E-state index is 3.56. The molecule has 2 nitrogen and oxygen atoms in total. The lowest BCUT2D eigenvalue weighted by atomic mass is 10.1. The Morgan fingerprint density at radius 3 is 2.84 bits per heavy atom. The number of benzene rings is 2. The van der Waals surface area contributed by atoms with Crippen molar-refractivity contribution in [3.05, 3.63) is 58.7 Å². The van der Waals surface area contributed by atoms with Gasteiger partial charge in [0.05, 0.1) is 0 Å². The van der Waals surface area contributed by atoms with Crippen LogP contribution in [-0.4, -0.2) is 6.54 Å². The molecule has 0 radical (unpaired) electrons. The van der Waals surface area contributed by atoms with Crippen LogP contribution in [0.2, 0.25) is 0 Å². The van der Waals surface area contributed by atoms with Crippen LogP contribution in [0.4, 0.5) is 11.4 Å². The van der Waals surface area contributed by atoms with E-state index in [1.165, 1.54) is 33.6 Å². The molecule has 0 saturated heterocycles. The fraction of sp³-hybridized carbons (Fsp3) is 0.294. The van der Waals surface area contributed by atoms with Crippen molar-refractivity contribution in [3.63, 3.8) is 0 Å². The molecule has 0 fully saturated rings. The zero-order valence-corrected chi connectivity index (χ0v) is 11.6. The lowest BCUT2D eigenvalue weighted by Gasteiger charge is -2.14. The second-order valence-electron chi connectivity index (χ2n) is 5.23. The van der Waals surface area contributed by atoms with Gasteiger partial charge in [0.1, 0.15) is 0 Å². The molecule has 2 N–H and O–H groups in total. The van der Waals surface area contributed by atoms with E-state index in [1.54, 1.807) is 0 Å².